The lowest BCUT2D eigenvalue weighted by Crippen LogP contribution is -2.34. The Bertz CT molecular complexity index is 1160. The second kappa shape index (κ2) is 8.29. The van der Waals surface area contributed by atoms with Gasteiger partial charge in [-0.05, 0) is 64.2 Å². The fraction of sp³-hybridized carbons (Fsp3) is 0.520. The lowest BCUT2D eigenvalue weighted by atomic mass is 9.98. The van der Waals surface area contributed by atoms with Crippen LogP contribution in [0.3, 0.4) is 0 Å². The Balaban J connectivity index is 1.61. The van der Waals surface area contributed by atoms with Crippen molar-refractivity contribution in [3.8, 4) is 0 Å². The SMILES string of the molecule is Cc1oc2c(C)c3oc(=O)c(CCC(=O)NC4CCCCCC4)c(C)c3cc2c1C. The molecular weight excluding hydrogens is 378 g/mol. The molecule has 1 aliphatic rings. The Kier molecular flexibility index (Phi) is 5.72. The van der Waals surface area contributed by atoms with E-state index in [-0.39, 0.29) is 17.6 Å². The van der Waals surface area contributed by atoms with E-state index in [2.05, 4.69) is 11.4 Å². The number of benzene rings is 1. The molecule has 1 N–H and O–H groups in total. The van der Waals surface area contributed by atoms with Crippen molar-refractivity contribution in [3.05, 3.63) is 44.5 Å². The van der Waals surface area contributed by atoms with Gasteiger partial charge < -0.3 is 14.2 Å². The third kappa shape index (κ3) is 3.78. The summed E-state index contributed by atoms with van der Waals surface area (Å²) in [6.45, 7) is 7.86. The second-order valence-electron chi connectivity index (χ2n) is 8.79. The fourth-order valence-corrected chi connectivity index (χ4v) is 4.74. The summed E-state index contributed by atoms with van der Waals surface area (Å²) in [5.74, 6) is 0.896. The molecule has 1 fully saturated rings. The normalized spacial score (nSPS) is 15.6. The van der Waals surface area contributed by atoms with E-state index in [1.807, 2.05) is 27.7 Å². The van der Waals surface area contributed by atoms with E-state index in [0.717, 1.165) is 51.6 Å². The number of furan rings is 1. The van der Waals surface area contributed by atoms with Crippen molar-refractivity contribution in [1.29, 1.82) is 0 Å². The summed E-state index contributed by atoms with van der Waals surface area (Å²) in [5, 5.41) is 5.13. The van der Waals surface area contributed by atoms with E-state index in [1.165, 1.54) is 25.7 Å². The molecule has 5 heteroatoms. The summed E-state index contributed by atoms with van der Waals surface area (Å²) in [6.07, 6.45) is 7.68. The minimum absolute atomic E-state index is 0.0220. The largest absolute Gasteiger partial charge is 0.461 e. The fourth-order valence-electron chi connectivity index (χ4n) is 4.74. The molecule has 1 amide bonds. The van der Waals surface area contributed by atoms with Crippen molar-refractivity contribution >= 4 is 27.8 Å². The summed E-state index contributed by atoms with van der Waals surface area (Å²) in [5.41, 5.74) is 4.43. The van der Waals surface area contributed by atoms with E-state index >= 15 is 0 Å². The van der Waals surface area contributed by atoms with Crippen LogP contribution in [-0.4, -0.2) is 11.9 Å². The molecule has 0 aliphatic heterocycles. The maximum absolute atomic E-state index is 12.7. The van der Waals surface area contributed by atoms with Crippen LogP contribution in [0.25, 0.3) is 21.9 Å². The number of hydrogen-bond donors (Lipinski definition) is 1. The molecule has 2 aromatic heterocycles. The van der Waals surface area contributed by atoms with Crippen LogP contribution in [0.5, 0.6) is 0 Å². The number of amides is 1. The molecule has 5 nitrogen and oxygen atoms in total. The first kappa shape index (κ1) is 20.7. The Hall–Kier alpha value is -2.56. The molecule has 3 aromatic rings. The molecule has 160 valence electrons. The molecule has 0 atom stereocenters. The zero-order valence-electron chi connectivity index (χ0n) is 18.4. The van der Waals surface area contributed by atoms with Crippen molar-refractivity contribution in [2.75, 3.05) is 0 Å². The monoisotopic (exact) mass is 409 g/mol. The van der Waals surface area contributed by atoms with Crippen molar-refractivity contribution in [3.63, 3.8) is 0 Å². The Morgan fingerprint density at radius 3 is 2.27 bits per heavy atom. The third-order valence-electron chi connectivity index (χ3n) is 6.77. The average molecular weight is 410 g/mol. The highest BCUT2D eigenvalue weighted by Gasteiger charge is 2.20. The molecule has 2 heterocycles. The molecular formula is C25H31NO4. The van der Waals surface area contributed by atoms with E-state index in [9.17, 15) is 9.59 Å². The number of carbonyl (C=O) groups is 1. The first-order valence-corrected chi connectivity index (χ1v) is 11.1. The van der Waals surface area contributed by atoms with Crippen molar-refractivity contribution in [2.45, 2.75) is 85.1 Å². The van der Waals surface area contributed by atoms with Gasteiger partial charge in [0.2, 0.25) is 5.91 Å². The number of fused-ring (bicyclic) bond motifs is 2. The number of carbonyl (C=O) groups excluding carboxylic acids is 1. The third-order valence-corrected chi connectivity index (χ3v) is 6.77. The van der Waals surface area contributed by atoms with Gasteiger partial charge in [0, 0.05) is 34.4 Å². The molecule has 0 unspecified atom stereocenters. The zero-order valence-corrected chi connectivity index (χ0v) is 18.4. The van der Waals surface area contributed by atoms with E-state index in [4.69, 9.17) is 8.83 Å². The van der Waals surface area contributed by atoms with Gasteiger partial charge in [0.05, 0.1) is 0 Å². The van der Waals surface area contributed by atoms with Gasteiger partial charge >= 0.3 is 5.63 Å². The van der Waals surface area contributed by atoms with Crippen molar-refractivity contribution in [1.82, 2.24) is 5.32 Å². The summed E-state index contributed by atoms with van der Waals surface area (Å²) in [6, 6.07) is 2.33. The van der Waals surface area contributed by atoms with Gasteiger partial charge in [-0.15, -0.1) is 0 Å². The Morgan fingerprint density at radius 2 is 1.57 bits per heavy atom. The van der Waals surface area contributed by atoms with Crippen LogP contribution < -0.4 is 10.9 Å². The lowest BCUT2D eigenvalue weighted by molar-refractivity contribution is -0.121. The maximum Gasteiger partial charge on any atom is 0.339 e. The topological polar surface area (TPSA) is 72.5 Å². The summed E-state index contributed by atoms with van der Waals surface area (Å²) < 4.78 is 11.6. The summed E-state index contributed by atoms with van der Waals surface area (Å²) in [4.78, 5) is 25.2. The maximum atomic E-state index is 12.7. The van der Waals surface area contributed by atoms with Crippen molar-refractivity contribution < 1.29 is 13.6 Å². The molecule has 1 aliphatic carbocycles. The molecule has 1 aromatic carbocycles. The quantitative estimate of drug-likeness (QED) is 0.453. The van der Waals surface area contributed by atoms with Crippen LogP contribution in [0.2, 0.25) is 0 Å². The number of aryl methyl sites for hydroxylation is 4. The first-order valence-electron chi connectivity index (χ1n) is 11.1. The molecule has 4 rings (SSSR count). The molecule has 0 radical (unpaired) electrons. The minimum Gasteiger partial charge on any atom is -0.461 e. The molecule has 1 saturated carbocycles. The predicted octanol–water partition coefficient (Wildman–Crippen LogP) is 5.54. The minimum atomic E-state index is -0.357. The smallest absolute Gasteiger partial charge is 0.339 e. The van der Waals surface area contributed by atoms with Crippen LogP contribution in [0.15, 0.2) is 19.7 Å². The van der Waals surface area contributed by atoms with Crippen LogP contribution >= 0.6 is 0 Å². The van der Waals surface area contributed by atoms with Gasteiger partial charge in [-0.25, -0.2) is 4.79 Å². The predicted molar refractivity (Wildman–Crippen MR) is 119 cm³/mol. The highest BCUT2D eigenvalue weighted by atomic mass is 16.4. The van der Waals surface area contributed by atoms with Gasteiger partial charge in [0.25, 0.3) is 0 Å². The van der Waals surface area contributed by atoms with E-state index in [1.54, 1.807) is 0 Å². The number of nitrogens with one attached hydrogen (secondary N) is 1. The van der Waals surface area contributed by atoms with Crippen LogP contribution in [-0.2, 0) is 11.2 Å². The van der Waals surface area contributed by atoms with Crippen LogP contribution in [0, 0.1) is 27.7 Å². The summed E-state index contributed by atoms with van der Waals surface area (Å²) in [7, 11) is 0. The number of hydrogen-bond acceptors (Lipinski definition) is 4. The first-order chi connectivity index (χ1) is 14.4. The van der Waals surface area contributed by atoms with Gasteiger partial charge in [-0.2, -0.15) is 0 Å². The molecule has 0 bridgehead atoms. The second-order valence-corrected chi connectivity index (χ2v) is 8.79. The van der Waals surface area contributed by atoms with E-state index < -0.39 is 0 Å². The zero-order chi connectivity index (χ0) is 21.4. The van der Waals surface area contributed by atoms with Gasteiger partial charge in [0.15, 0.2) is 0 Å². The highest BCUT2D eigenvalue weighted by molar-refractivity contribution is 6.00. The van der Waals surface area contributed by atoms with Gasteiger partial charge in [0.1, 0.15) is 16.9 Å². The Labute approximate surface area is 176 Å². The Morgan fingerprint density at radius 1 is 0.933 bits per heavy atom. The summed E-state index contributed by atoms with van der Waals surface area (Å²) >= 11 is 0. The highest BCUT2D eigenvalue weighted by Crippen LogP contribution is 2.34. The standard InChI is InChI=1S/C25H31NO4/c1-14-17(4)29-23-16(3)24-21(13-20(14)23)15(2)19(25(28)30-24)11-12-22(27)26-18-9-7-5-6-8-10-18/h13,18H,5-12H2,1-4H3,(H,26,27). The molecule has 0 spiro atoms. The van der Waals surface area contributed by atoms with Crippen LogP contribution in [0.1, 0.15) is 73.0 Å². The van der Waals surface area contributed by atoms with E-state index in [0.29, 0.717) is 24.0 Å². The lowest BCUT2D eigenvalue weighted by Gasteiger charge is -2.16. The van der Waals surface area contributed by atoms with Gasteiger partial charge in [-0.3, -0.25) is 4.79 Å². The van der Waals surface area contributed by atoms with Crippen LogP contribution in [0.4, 0.5) is 0 Å². The van der Waals surface area contributed by atoms with Gasteiger partial charge in [-0.1, -0.05) is 25.7 Å². The molecule has 0 saturated heterocycles. The number of rotatable bonds is 4. The molecule has 30 heavy (non-hydrogen) atoms. The van der Waals surface area contributed by atoms with Crippen molar-refractivity contribution in [2.24, 2.45) is 0 Å². The average Bonchev–Trinajstić information content (AvgIpc) is 2.88.